The predicted octanol–water partition coefficient (Wildman–Crippen LogP) is 4.58. The van der Waals surface area contributed by atoms with Crippen LogP contribution in [0.1, 0.15) is 47.9 Å². The zero-order chi connectivity index (χ0) is 33.6. The van der Waals surface area contributed by atoms with Gasteiger partial charge in [-0.15, -0.1) is 0 Å². The van der Waals surface area contributed by atoms with Gasteiger partial charge in [-0.1, -0.05) is 18.2 Å². The number of amides is 1. The van der Waals surface area contributed by atoms with Crippen molar-refractivity contribution in [2.24, 2.45) is 0 Å². The van der Waals surface area contributed by atoms with E-state index >= 15 is 0 Å². The van der Waals surface area contributed by atoms with Crippen LogP contribution in [-0.4, -0.2) is 74.8 Å². The third-order valence-corrected chi connectivity index (χ3v) is 13.5. The molecule has 2 aromatic rings. The summed E-state index contributed by atoms with van der Waals surface area (Å²) in [5.41, 5.74) is -10.4. The van der Waals surface area contributed by atoms with Crippen LogP contribution >= 0.6 is 0 Å². The van der Waals surface area contributed by atoms with Gasteiger partial charge < -0.3 is 10.0 Å². The number of rotatable bonds is 4. The van der Waals surface area contributed by atoms with Gasteiger partial charge in [0.15, 0.2) is 19.7 Å². The molecule has 7 nitrogen and oxygen atoms in total. The Hall–Kier alpha value is -2.79. The van der Waals surface area contributed by atoms with E-state index in [1.54, 1.807) is 0 Å². The number of fused-ring (bicyclic) bond motifs is 3. The molecule has 1 N–H and O–H groups in total. The van der Waals surface area contributed by atoms with Gasteiger partial charge in [0.25, 0.3) is 5.91 Å². The number of carbonyl (C=O) groups excluding carboxylic acids is 1. The molecule has 17 heteroatoms. The SMILES string of the molecule is Cc1cc(S(=O)(=O)C23CCN(C(=O)C4(O)CCS(=O)(=O)CC4)C2CCc2cc(C(F)(C(F)(F)F)C(F)(F)F)ccc23)ccc1F. The molecule has 248 valence electrons. The summed E-state index contributed by atoms with van der Waals surface area (Å²) >= 11 is 0. The van der Waals surface area contributed by atoms with Crippen LogP contribution in [0, 0.1) is 12.7 Å². The van der Waals surface area contributed by atoms with Gasteiger partial charge in [0.1, 0.15) is 16.2 Å². The van der Waals surface area contributed by atoms with E-state index in [-0.39, 0.29) is 42.1 Å². The van der Waals surface area contributed by atoms with Gasteiger partial charge in [0.2, 0.25) is 0 Å². The second-order valence-electron chi connectivity index (χ2n) is 11.8. The van der Waals surface area contributed by atoms with Crippen LogP contribution in [0.25, 0.3) is 0 Å². The number of nitrogens with zero attached hydrogens (tertiary/aromatic N) is 1. The highest BCUT2D eigenvalue weighted by atomic mass is 32.2. The van der Waals surface area contributed by atoms with E-state index in [4.69, 9.17) is 0 Å². The summed E-state index contributed by atoms with van der Waals surface area (Å²) in [4.78, 5) is 14.4. The average molecular weight is 690 g/mol. The topological polar surface area (TPSA) is 109 Å². The van der Waals surface area contributed by atoms with Gasteiger partial charge >= 0.3 is 18.0 Å². The molecule has 0 saturated carbocycles. The largest absolute Gasteiger partial charge is 0.435 e. The summed E-state index contributed by atoms with van der Waals surface area (Å²) in [5.74, 6) is -2.75. The average Bonchev–Trinajstić information content (AvgIpc) is 3.35. The highest BCUT2D eigenvalue weighted by Gasteiger charge is 2.74. The van der Waals surface area contributed by atoms with Crippen LogP contribution in [0.4, 0.5) is 35.1 Å². The number of likely N-dealkylation sites (tertiary alicyclic amines) is 1. The standard InChI is InChI=1S/C28H27F8NO6S2/c1-16-14-19(4-6-21(16)29)45(42,43)25-8-11-37(23(38)24(39)9-12-44(40,41)13-10-24)22(25)7-2-17-15-18(3-5-20(17)25)26(30,27(31,32)33)28(34,35)36/h3-6,14-15,22,39H,2,7-13H2,1H3. The lowest BCUT2D eigenvalue weighted by Gasteiger charge is -2.44. The van der Waals surface area contributed by atoms with Gasteiger partial charge in [-0.2, -0.15) is 26.3 Å². The summed E-state index contributed by atoms with van der Waals surface area (Å²) in [7, 11) is -8.27. The Balaban J connectivity index is 1.69. The highest BCUT2D eigenvalue weighted by Crippen LogP contribution is 2.57. The quantitative estimate of drug-likeness (QED) is 0.372. The number of hydrogen-bond donors (Lipinski definition) is 1. The molecule has 0 radical (unpaired) electrons. The maximum absolute atomic E-state index is 15.0. The van der Waals surface area contributed by atoms with E-state index in [1.165, 1.54) is 6.92 Å². The smallest absolute Gasteiger partial charge is 0.380 e. The number of carbonyl (C=O) groups is 1. The van der Waals surface area contributed by atoms with E-state index in [0.29, 0.717) is 12.1 Å². The molecular weight excluding hydrogens is 662 g/mol. The Kier molecular flexibility index (Phi) is 7.73. The number of alkyl halides is 7. The lowest BCUT2D eigenvalue weighted by Crippen LogP contribution is -2.58. The maximum Gasteiger partial charge on any atom is 0.435 e. The van der Waals surface area contributed by atoms with E-state index in [0.717, 1.165) is 23.1 Å². The molecule has 2 saturated heterocycles. The van der Waals surface area contributed by atoms with Crippen LogP contribution in [0.3, 0.4) is 0 Å². The zero-order valence-electron chi connectivity index (χ0n) is 23.5. The molecule has 2 heterocycles. The van der Waals surface area contributed by atoms with Crippen LogP contribution in [0.5, 0.6) is 0 Å². The number of aliphatic hydroxyl groups is 1. The summed E-state index contributed by atoms with van der Waals surface area (Å²) in [5, 5.41) is 11.2. The molecule has 2 fully saturated rings. The Bertz CT molecular complexity index is 1750. The van der Waals surface area contributed by atoms with Crippen molar-refractivity contribution in [3.05, 3.63) is 64.5 Å². The minimum atomic E-state index is -6.41. The van der Waals surface area contributed by atoms with Crippen LogP contribution in [0.2, 0.25) is 0 Å². The molecule has 1 amide bonds. The molecule has 0 spiro atoms. The molecule has 2 aliphatic heterocycles. The first-order valence-electron chi connectivity index (χ1n) is 13.7. The molecule has 3 aliphatic rings. The van der Waals surface area contributed by atoms with Crippen molar-refractivity contribution in [3.63, 3.8) is 0 Å². The number of hydrogen-bond acceptors (Lipinski definition) is 6. The predicted molar refractivity (Wildman–Crippen MR) is 143 cm³/mol. The van der Waals surface area contributed by atoms with Crippen molar-refractivity contribution < 1.29 is 61.9 Å². The Morgan fingerprint density at radius 1 is 0.956 bits per heavy atom. The lowest BCUT2D eigenvalue weighted by molar-refractivity contribution is -0.348. The van der Waals surface area contributed by atoms with Crippen molar-refractivity contribution in [2.75, 3.05) is 18.1 Å². The van der Waals surface area contributed by atoms with Gasteiger partial charge in [-0.25, -0.2) is 25.6 Å². The molecule has 0 bridgehead atoms. The van der Waals surface area contributed by atoms with Crippen LogP contribution < -0.4 is 0 Å². The summed E-state index contributed by atoms with van der Waals surface area (Å²) in [6, 6.07) is 2.74. The lowest BCUT2D eigenvalue weighted by atomic mass is 9.76. The second-order valence-corrected chi connectivity index (χ2v) is 16.3. The minimum Gasteiger partial charge on any atom is -0.380 e. The van der Waals surface area contributed by atoms with Crippen LogP contribution in [-0.2, 0) is 41.3 Å². The third-order valence-electron chi connectivity index (χ3n) is 9.30. The fraction of sp³-hybridized carbons (Fsp3) is 0.536. The summed E-state index contributed by atoms with van der Waals surface area (Å²) < 4.78 is 161. The Morgan fingerprint density at radius 3 is 2.11 bits per heavy atom. The van der Waals surface area contributed by atoms with Crippen molar-refractivity contribution >= 4 is 25.6 Å². The summed E-state index contributed by atoms with van der Waals surface area (Å²) in [6.07, 6.45) is -14.9. The molecule has 1 aliphatic carbocycles. The third kappa shape index (κ3) is 4.94. The highest BCUT2D eigenvalue weighted by molar-refractivity contribution is 7.92. The molecule has 0 aromatic heterocycles. The van der Waals surface area contributed by atoms with Crippen molar-refractivity contribution in [3.8, 4) is 0 Å². The molecule has 2 unspecified atom stereocenters. The number of benzene rings is 2. The van der Waals surface area contributed by atoms with E-state index in [2.05, 4.69) is 0 Å². The first-order valence-corrected chi connectivity index (χ1v) is 17.0. The van der Waals surface area contributed by atoms with Gasteiger partial charge in [-0.3, -0.25) is 4.79 Å². The molecule has 2 atom stereocenters. The monoisotopic (exact) mass is 689 g/mol. The minimum absolute atomic E-state index is 0.0865. The number of aryl methyl sites for hydroxylation is 2. The summed E-state index contributed by atoms with van der Waals surface area (Å²) in [6.45, 7) is 0.939. The molecular formula is C28H27F8NO6S2. The van der Waals surface area contributed by atoms with Crippen molar-refractivity contribution in [1.82, 2.24) is 4.90 Å². The fourth-order valence-electron chi connectivity index (χ4n) is 6.82. The second kappa shape index (κ2) is 10.4. The maximum atomic E-state index is 15.0. The van der Waals surface area contributed by atoms with Gasteiger partial charge in [-0.05, 0) is 73.9 Å². The molecule has 5 rings (SSSR count). The fourth-order valence-corrected chi connectivity index (χ4v) is 10.8. The van der Waals surface area contributed by atoms with E-state index < -0.39 is 107 Å². The molecule has 2 aromatic carbocycles. The van der Waals surface area contributed by atoms with Crippen molar-refractivity contribution in [2.45, 2.75) is 78.3 Å². The first-order chi connectivity index (χ1) is 20.5. The van der Waals surface area contributed by atoms with E-state index in [9.17, 15) is 61.9 Å². The number of halogens is 8. The van der Waals surface area contributed by atoms with E-state index in [1.807, 2.05) is 0 Å². The van der Waals surface area contributed by atoms with Crippen LogP contribution in [0.15, 0.2) is 41.3 Å². The number of sulfone groups is 2. The normalized spacial score (nSPS) is 25.0. The Morgan fingerprint density at radius 2 is 1.56 bits per heavy atom. The molecule has 45 heavy (non-hydrogen) atoms. The zero-order valence-corrected chi connectivity index (χ0v) is 25.1. The van der Waals surface area contributed by atoms with Gasteiger partial charge in [0.05, 0.1) is 22.4 Å². The van der Waals surface area contributed by atoms with Crippen molar-refractivity contribution in [1.29, 1.82) is 0 Å². The Labute approximate surface area is 253 Å². The first kappa shape index (κ1) is 33.6. The van der Waals surface area contributed by atoms with Gasteiger partial charge in [0, 0.05) is 12.1 Å².